The van der Waals surface area contributed by atoms with Crippen molar-refractivity contribution in [2.24, 2.45) is 5.92 Å². The number of carboxylic acids is 1. The number of hydrogen-bond donors (Lipinski definition) is 1. The zero-order chi connectivity index (χ0) is 15.4. The van der Waals surface area contributed by atoms with Gasteiger partial charge in [-0.25, -0.2) is 8.42 Å². The number of benzene rings is 1. The van der Waals surface area contributed by atoms with E-state index in [1.807, 2.05) is 6.92 Å². The summed E-state index contributed by atoms with van der Waals surface area (Å²) < 4.78 is 28.0. The van der Waals surface area contributed by atoms with Gasteiger partial charge < -0.3 is 5.11 Å². The fourth-order valence-electron chi connectivity index (χ4n) is 3.48. The van der Waals surface area contributed by atoms with Crippen LogP contribution in [0.2, 0.25) is 0 Å². The molecule has 1 aromatic carbocycles. The second-order valence-electron chi connectivity index (χ2n) is 5.72. The summed E-state index contributed by atoms with van der Waals surface area (Å²) in [5, 5.41) is 9.24. The van der Waals surface area contributed by atoms with Crippen LogP contribution in [0.3, 0.4) is 0 Å². The SMILES string of the molecule is Cc1cc(S(=O)(=O)N2C3CCC2C(C(=O)O)C3)ccc1Br. The Kier molecular flexibility index (Phi) is 3.62. The Morgan fingerprint density at radius 2 is 2.10 bits per heavy atom. The van der Waals surface area contributed by atoms with E-state index in [2.05, 4.69) is 15.9 Å². The van der Waals surface area contributed by atoms with Crippen molar-refractivity contribution in [3.63, 3.8) is 0 Å². The van der Waals surface area contributed by atoms with Crippen LogP contribution in [0.15, 0.2) is 27.6 Å². The first kappa shape index (κ1) is 15.0. The first-order valence-corrected chi connectivity index (χ1v) is 9.08. The number of rotatable bonds is 3. The van der Waals surface area contributed by atoms with Gasteiger partial charge in [0.2, 0.25) is 10.0 Å². The van der Waals surface area contributed by atoms with Gasteiger partial charge in [-0.15, -0.1) is 0 Å². The number of aryl methyl sites for hydroxylation is 1. The molecule has 0 spiro atoms. The van der Waals surface area contributed by atoms with Gasteiger partial charge in [-0.05, 0) is 49.9 Å². The molecule has 5 nitrogen and oxygen atoms in total. The van der Waals surface area contributed by atoms with Crippen molar-refractivity contribution in [1.82, 2.24) is 4.31 Å². The average molecular weight is 374 g/mol. The highest BCUT2D eigenvalue weighted by molar-refractivity contribution is 9.10. The quantitative estimate of drug-likeness (QED) is 0.882. The van der Waals surface area contributed by atoms with Crippen LogP contribution in [0.25, 0.3) is 0 Å². The molecule has 0 amide bonds. The zero-order valence-electron chi connectivity index (χ0n) is 11.5. The Hall–Kier alpha value is -0.920. The number of carbonyl (C=O) groups is 1. The van der Waals surface area contributed by atoms with Gasteiger partial charge in [0.1, 0.15) is 0 Å². The zero-order valence-corrected chi connectivity index (χ0v) is 13.9. The molecule has 0 radical (unpaired) electrons. The summed E-state index contributed by atoms with van der Waals surface area (Å²) in [7, 11) is -3.63. The van der Waals surface area contributed by atoms with E-state index >= 15 is 0 Å². The van der Waals surface area contributed by atoms with E-state index in [9.17, 15) is 18.3 Å². The maximum Gasteiger partial charge on any atom is 0.308 e. The van der Waals surface area contributed by atoms with Crippen molar-refractivity contribution in [1.29, 1.82) is 0 Å². The molecular formula is C14H16BrNO4S. The normalized spacial score (nSPS) is 29.0. The molecule has 3 atom stereocenters. The number of sulfonamides is 1. The minimum absolute atomic E-state index is 0.176. The molecular weight excluding hydrogens is 358 g/mol. The summed E-state index contributed by atoms with van der Waals surface area (Å²) >= 11 is 3.36. The van der Waals surface area contributed by atoms with Crippen molar-refractivity contribution in [2.75, 3.05) is 0 Å². The van der Waals surface area contributed by atoms with E-state index in [0.717, 1.165) is 16.5 Å². The molecule has 0 aliphatic carbocycles. The van der Waals surface area contributed by atoms with Crippen LogP contribution in [0.4, 0.5) is 0 Å². The van der Waals surface area contributed by atoms with Gasteiger partial charge in [0.25, 0.3) is 0 Å². The van der Waals surface area contributed by atoms with Crippen molar-refractivity contribution < 1.29 is 18.3 Å². The van der Waals surface area contributed by atoms with E-state index in [1.165, 1.54) is 4.31 Å². The van der Waals surface area contributed by atoms with Gasteiger partial charge >= 0.3 is 5.97 Å². The van der Waals surface area contributed by atoms with E-state index in [4.69, 9.17) is 0 Å². The topological polar surface area (TPSA) is 74.7 Å². The second-order valence-corrected chi connectivity index (χ2v) is 8.42. The Bertz CT molecular complexity index is 703. The van der Waals surface area contributed by atoms with Crippen LogP contribution >= 0.6 is 15.9 Å². The number of hydrogen-bond acceptors (Lipinski definition) is 3. The van der Waals surface area contributed by atoms with Gasteiger partial charge in [-0.2, -0.15) is 4.31 Å². The van der Waals surface area contributed by atoms with Crippen LogP contribution in [0.1, 0.15) is 24.8 Å². The number of aliphatic carboxylic acids is 1. The Morgan fingerprint density at radius 3 is 2.67 bits per heavy atom. The van der Waals surface area contributed by atoms with Gasteiger partial charge in [0.15, 0.2) is 0 Å². The van der Waals surface area contributed by atoms with Crippen LogP contribution in [0.5, 0.6) is 0 Å². The van der Waals surface area contributed by atoms with E-state index in [0.29, 0.717) is 12.8 Å². The molecule has 1 N–H and O–H groups in total. The Balaban J connectivity index is 1.99. The van der Waals surface area contributed by atoms with Gasteiger partial charge in [0, 0.05) is 16.6 Å². The highest BCUT2D eigenvalue weighted by atomic mass is 79.9. The predicted molar refractivity (Wildman–Crippen MR) is 80.5 cm³/mol. The number of fused-ring (bicyclic) bond motifs is 2. The monoisotopic (exact) mass is 373 g/mol. The molecule has 2 bridgehead atoms. The lowest BCUT2D eigenvalue weighted by atomic mass is 9.89. The van der Waals surface area contributed by atoms with Gasteiger partial charge in [-0.3, -0.25) is 4.79 Å². The summed E-state index contributed by atoms with van der Waals surface area (Å²) in [6, 6.07) is 4.34. The van der Waals surface area contributed by atoms with Gasteiger partial charge in [-0.1, -0.05) is 15.9 Å². The molecule has 2 aliphatic rings. The maximum atomic E-state index is 12.8. The highest BCUT2D eigenvalue weighted by Crippen LogP contribution is 2.45. The smallest absolute Gasteiger partial charge is 0.308 e. The molecule has 0 saturated carbocycles. The fourth-order valence-corrected chi connectivity index (χ4v) is 5.73. The van der Waals surface area contributed by atoms with Crippen molar-refractivity contribution in [3.8, 4) is 0 Å². The molecule has 1 aromatic rings. The van der Waals surface area contributed by atoms with Crippen LogP contribution in [-0.2, 0) is 14.8 Å². The van der Waals surface area contributed by atoms with Crippen molar-refractivity contribution in [3.05, 3.63) is 28.2 Å². The molecule has 114 valence electrons. The summed E-state index contributed by atoms with van der Waals surface area (Å²) in [5.41, 5.74) is 0.845. The number of nitrogens with zero attached hydrogens (tertiary/aromatic N) is 1. The lowest BCUT2D eigenvalue weighted by Gasteiger charge is -2.22. The summed E-state index contributed by atoms with van der Waals surface area (Å²) in [5.74, 6) is -1.47. The molecule has 2 aliphatic heterocycles. The predicted octanol–water partition coefficient (Wildman–Crippen LogP) is 2.38. The lowest BCUT2D eigenvalue weighted by Crippen LogP contribution is -2.37. The third-order valence-electron chi connectivity index (χ3n) is 4.49. The molecule has 3 rings (SSSR count). The Morgan fingerprint density at radius 1 is 1.38 bits per heavy atom. The van der Waals surface area contributed by atoms with Crippen LogP contribution in [-0.4, -0.2) is 35.9 Å². The molecule has 3 unspecified atom stereocenters. The van der Waals surface area contributed by atoms with E-state index < -0.39 is 28.0 Å². The Labute approximate surface area is 132 Å². The maximum absolute atomic E-state index is 12.8. The minimum Gasteiger partial charge on any atom is -0.481 e. The van der Waals surface area contributed by atoms with E-state index in [1.54, 1.807) is 18.2 Å². The second kappa shape index (κ2) is 5.07. The highest BCUT2D eigenvalue weighted by Gasteiger charge is 2.54. The standard InChI is InChI=1S/C14H16BrNO4S/c1-8-6-10(3-4-12(8)15)21(19,20)16-9-2-5-13(16)11(7-9)14(17)18/h3-4,6,9,11,13H,2,5,7H2,1H3,(H,17,18). The summed E-state index contributed by atoms with van der Waals surface area (Å²) in [4.78, 5) is 11.5. The molecule has 7 heteroatoms. The third-order valence-corrected chi connectivity index (χ3v) is 7.36. The fraction of sp³-hybridized carbons (Fsp3) is 0.500. The lowest BCUT2D eigenvalue weighted by molar-refractivity contribution is -0.142. The third kappa shape index (κ3) is 2.31. The summed E-state index contributed by atoms with van der Waals surface area (Å²) in [6.45, 7) is 1.84. The van der Waals surface area contributed by atoms with Gasteiger partial charge in [0.05, 0.1) is 10.8 Å². The van der Waals surface area contributed by atoms with E-state index in [-0.39, 0.29) is 10.9 Å². The van der Waals surface area contributed by atoms with Crippen molar-refractivity contribution >= 4 is 31.9 Å². The van der Waals surface area contributed by atoms with Crippen LogP contribution in [0, 0.1) is 12.8 Å². The molecule has 0 aromatic heterocycles. The minimum atomic E-state index is -3.63. The molecule has 2 fully saturated rings. The summed E-state index contributed by atoms with van der Waals surface area (Å²) in [6.07, 6.45) is 1.81. The molecule has 2 heterocycles. The number of halogens is 1. The first-order valence-electron chi connectivity index (χ1n) is 6.85. The average Bonchev–Trinajstić information content (AvgIpc) is 3.00. The number of carboxylic acid groups (broad SMARTS) is 1. The largest absolute Gasteiger partial charge is 0.481 e. The van der Waals surface area contributed by atoms with Crippen LogP contribution < -0.4 is 0 Å². The molecule has 21 heavy (non-hydrogen) atoms. The molecule has 2 saturated heterocycles. The van der Waals surface area contributed by atoms with Crippen molar-refractivity contribution in [2.45, 2.75) is 43.2 Å². The first-order chi connectivity index (χ1) is 9.82.